The van der Waals surface area contributed by atoms with E-state index in [0.717, 1.165) is 5.56 Å². The van der Waals surface area contributed by atoms with Gasteiger partial charge in [0.2, 0.25) is 0 Å². The van der Waals surface area contributed by atoms with Gasteiger partial charge in [-0.3, -0.25) is 0 Å². The number of hydrogen-bond donors (Lipinski definition) is 1. The Morgan fingerprint density at radius 1 is 1.50 bits per heavy atom. The van der Waals surface area contributed by atoms with Gasteiger partial charge in [0.25, 0.3) is 0 Å². The van der Waals surface area contributed by atoms with E-state index in [1.807, 2.05) is 30.3 Å². The molecule has 0 unspecified atom stereocenters. The van der Waals surface area contributed by atoms with Crippen molar-refractivity contribution in [3.63, 3.8) is 0 Å². The number of benzene rings is 1. The lowest BCUT2D eigenvalue weighted by molar-refractivity contribution is -0.145. The van der Waals surface area contributed by atoms with Gasteiger partial charge >= 0.3 is 5.97 Å². The Morgan fingerprint density at radius 2 is 2.19 bits per heavy atom. The SMILES string of the molecule is CCOC(=O)[C@H](Cc1ccccc1)NC#N. The molecular formula is C12H14N2O2. The van der Waals surface area contributed by atoms with Crippen molar-refractivity contribution in [2.24, 2.45) is 0 Å². The quantitative estimate of drug-likeness (QED) is 0.458. The lowest BCUT2D eigenvalue weighted by atomic mass is 10.1. The lowest BCUT2D eigenvalue weighted by Gasteiger charge is -2.13. The maximum atomic E-state index is 11.5. The van der Waals surface area contributed by atoms with E-state index in [1.165, 1.54) is 0 Å². The van der Waals surface area contributed by atoms with Crippen LogP contribution in [-0.2, 0) is 16.0 Å². The normalized spacial score (nSPS) is 11.2. The zero-order valence-electron chi connectivity index (χ0n) is 9.14. The zero-order chi connectivity index (χ0) is 11.8. The molecule has 0 fully saturated rings. The first-order valence-electron chi connectivity index (χ1n) is 5.13. The van der Waals surface area contributed by atoms with Crippen LogP contribution in [0.4, 0.5) is 0 Å². The Morgan fingerprint density at radius 3 is 2.75 bits per heavy atom. The molecule has 0 bridgehead atoms. The standard InChI is InChI=1S/C12H14N2O2/c1-2-16-12(15)11(14-9-13)8-10-6-4-3-5-7-10/h3-7,11,14H,2,8H2,1H3/t11-/m0/s1. The smallest absolute Gasteiger partial charge is 0.329 e. The van der Waals surface area contributed by atoms with Crippen molar-refractivity contribution < 1.29 is 9.53 Å². The molecule has 1 rings (SSSR count). The van der Waals surface area contributed by atoms with Gasteiger partial charge in [0.1, 0.15) is 6.04 Å². The second-order valence-corrected chi connectivity index (χ2v) is 3.25. The highest BCUT2D eigenvalue weighted by Crippen LogP contribution is 2.04. The van der Waals surface area contributed by atoms with Crippen LogP contribution in [0.5, 0.6) is 0 Å². The molecule has 0 heterocycles. The summed E-state index contributed by atoms with van der Waals surface area (Å²) in [6.07, 6.45) is 2.23. The van der Waals surface area contributed by atoms with E-state index < -0.39 is 12.0 Å². The molecular weight excluding hydrogens is 204 g/mol. The van der Waals surface area contributed by atoms with Crippen LogP contribution >= 0.6 is 0 Å². The predicted octanol–water partition coefficient (Wildman–Crippen LogP) is 1.23. The molecule has 0 saturated heterocycles. The van der Waals surface area contributed by atoms with E-state index in [0.29, 0.717) is 13.0 Å². The number of rotatable bonds is 5. The average Bonchev–Trinajstić information content (AvgIpc) is 2.30. The number of ether oxygens (including phenoxy) is 1. The number of carbonyl (C=O) groups excluding carboxylic acids is 1. The minimum absolute atomic E-state index is 0.317. The van der Waals surface area contributed by atoms with Crippen LogP contribution in [0.15, 0.2) is 30.3 Å². The monoisotopic (exact) mass is 218 g/mol. The Labute approximate surface area is 94.8 Å². The molecule has 84 valence electrons. The molecule has 1 N–H and O–H groups in total. The molecule has 1 aromatic carbocycles. The van der Waals surface area contributed by atoms with Gasteiger partial charge in [-0.1, -0.05) is 30.3 Å². The van der Waals surface area contributed by atoms with Crippen LogP contribution in [-0.4, -0.2) is 18.6 Å². The van der Waals surface area contributed by atoms with Crippen molar-refractivity contribution in [2.45, 2.75) is 19.4 Å². The number of hydrogen-bond acceptors (Lipinski definition) is 4. The molecule has 1 aromatic rings. The Hall–Kier alpha value is -2.02. The summed E-state index contributed by atoms with van der Waals surface area (Å²) < 4.78 is 4.88. The fourth-order valence-corrected chi connectivity index (χ4v) is 1.36. The van der Waals surface area contributed by atoms with Crippen LogP contribution in [0.1, 0.15) is 12.5 Å². The topological polar surface area (TPSA) is 62.1 Å². The van der Waals surface area contributed by atoms with Crippen LogP contribution < -0.4 is 5.32 Å². The molecule has 0 saturated carbocycles. The molecule has 0 aliphatic rings. The number of nitrogens with one attached hydrogen (secondary N) is 1. The first-order chi connectivity index (χ1) is 7.77. The molecule has 0 radical (unpaired) electrons. The highest BCUT2D eigenvalue weighted by molar-refractivity contribution is 5.76. The third kappa shape index (κ3) is 3.62. The van der Waals surface area contributed by atoms with Crippen molar-refractivity contribution in [1.29, 1.82) is 5.26 Å². The molecule has 1 atom stereocenters. The maximum absolute atomic E-state index is 11.5. The number of nitrogens with zero attached hydrogens (tertiary/aromatic N) is 1. The first-order valence-corrected chi connectivity index (χ1v) is 5.13. The van der Waals surface area contributed by atoms with Gasteiger partial charge in [-0.15, -0.1) is 0 Å². The molecule has 0 amide bonds. The molecule has 16 heavy (non-hydrogen) atoms. The summed E-state index contributed by atoms with van der Waals surface area (Å²) in [6, 6.07) is 8.90. The van der Waals surface area contributed by atoms with E-state index in [9.17, 15) is 4.79 Å². The zero-order valence-corrected chi connectivity index (χ0v) is 9.14. The van der Waals surface area contributed by atoms with Gasteiger partial charge in [0.05, 0.1) is 6.61 Å². The van der Waals surface area contributed by atoms with E-state index in [-0.39, 0.29) is 0 Å². The molecule has 0 aliphatic heterocycles. The largest absolute Gasteiger partial charge is 0.464 e. The minimum atomic E-state index is -0.604. The Kier molecular flexibility index (Phi) is 4.87. The number of carbonyl (C=O) groups is 1. The second-order valence-electron chi connectivity index (χ2n) is 3.25. The summed E-state index contributed by atoms with van der Waals surface area (Å²) in [6.45, 7) is 2.06. The Bertz CT molecular complexity index is 370. The summed E-state index contributed by atoms with van der Waals surface area (Å²) in [7, 11) is 0. The van der Waals surface area contributed by atoms with Gasteiger partial charge in [-0.05, 0) is 12.5 Å². The van der Waals surface area contributed by atoms with Crippen molar-refractivity contribution in [3.05, 3.63) is 35.9 Å². The summed E-state index contributed by atoms with van der Waals surface area (Å²) in [5, 5.41) is 11.0. The fourth-order valence-electron chi connectivity index (χ4n) is 1.36. The fraction of sp³-hybridized carbons (Fsp3) is 0.333. The second kappa shape index (κ2) is 6.46. The number of nitriles is 1. The Balaban J connectivity index is 2.65. The molecule has 4 heteroatoms. The summed E-state index contributed by atoms with van der Waals surface area (Å²) in [5.74, 6) is -0.395. The molecule has 0 aliphatic carbocycles. The van der Waals surface area contributed by atoms with Crippen LogP contribution in [0, 0.1) is 11.5 Å². The third-order valence-electron chi connectivity index (χ3n) is 2.09. The summed E-state index contributed by atoms with van der Waals surface area (Å²) >= 11 is 0. The predicted molar refractivity (Wildman–Crippen MR) is 59.3 cm³/mol. The van der Waals surface area contributed by atoms with E-state index >= 15 is 0 Å². The third-order valence-corrected chi connectivity index (χ3v) is 2.09. The van der Waals surface area contributed by atoms with E-state index in [4.69, 9.17) is 10.00 Å². The molecule has 4 nitrogen and oxygen atoms in total. The minimum Gasteiger partial charge on any atom is -0.464 e. The lowest BCUT2D eigenvalue weighted by Crippen LogP contribution is -2.37. The highest BCUT2D eigenvalue weighted by atomic mass is 16.5. The number of esters is 1. The van der Waals surface area contributed by atoms with Crippen LogP contribution in [0.25, 0.3) is 0 Å². The molecule has 0 aromatic heterocycles. The van der Waals surface area contributed by atoms with E-state index in [2.05, 4.69) is 5.32 Å². The van der Waals surface area contributed by atoms with Crippen molar-refractivity contribution in [2.75, 3.05) is 6.61 Å². The average molecular weight is 218 g/mol. The summed E-state index contributed by atoms with van der Waals surface area (Å²) in [4.78, 5) is 11.5. The van der Waals surface area contributed by atoms with Gasteiger partial charge in [0.15, 0.2) is 6.19 Å². The van der Waals surface area contributed by atoms with Gasteiger partial charge in [0, 0.05) is 6.42 Å². The van der Waals surface area contributed by atoms with Gasteiger partial charge in [-0.2, -0.15) is 5.26 Å². The van der Waals surface area contributed by atoms with Crippen molar-refractivity contribution in [3.8, 4) is 6.19 Å². The van der Waals surface area contributed by atoms with Crippen molar-refractivity contribution in [1.82, 2.24) is 5.32 Å². The maximum Gasteiger partial charge on any atom is 0.329 e. The van der Waals surface area contributed by atoms with E-state index in [1.54, 1.807) is 13.1 Å². The highest BCUT2D eigenvalue weighted by Gasteiger charge is 2.19. The van der Waals surface area contributed by atoms with Crippen molar-refractivity contribution >= 4 is 5.97 Å². The van der Waals surface area contributed by atoms with Crippen LogP contribution in [0.2, 0.25) is 0 Å². The van der Waals surface area contributed by atoms with Gasteiger partial charge < -0.3 is 10.1 Å². The molecule has 0 spiro atoms. The van der Waals surface area contributed by atoms with Crippen LogP contribution in [0.3, 0.4) is 0 Å². The van der Waals surface area contributed by atoms with Gasteiger partial charge in [-0.25, -0.2) is 4.79 Å². The first kappa shape index (κ1) is 12.1. The summed E-state index contributed by atoms with van der Waals surface area (Å²) in [5.41, 5.74) is 0.989.